The van der Waals surface area contributed by atoms with Gasteiger partial charge in [0.1, 0.15) is 0 Å². The molecule has 0 amide bonds. The lowest BCUT2D eigenvalue weighted by Gasteiger charge is -2.23. The summed E-state index contributed by atoms with van der Waals surface area (Å²) in [4.78, 5) is 12.2. The van der Waals surface area contributed by atoms with Gasteiger partial charge in [0.15, 0.2) is 5.78 Å². The molecule has 0 fully saturated rings. The van der Waals surface area contributed by atoms with Crippen LogP contribution in [0.1, 0.15) is 58.6 Å². The summed E-state index contributed by atoms with van der Waals surface area (Å²) in [5.74, 6) is 0.322. The van der Waals surface area contributed by atoms with Crippen molar-refractivity contribution in [2.45, 2.75) is 51.9 Å². The number of nitrogens with zero attached hydrogens (tertiary/aromatic N) is 1. The maximum Gasteiger partial charge on any atom is 0.164 e. The normalized spacial score (nSPS) is 17.5. The van der Waals surface area contributed by atoms with Crippen LogP contribution in [0.3, 0.4) is 0 Å². The molecule has 2 heteroatoms. The van der Waals surface area contributed by atoms with Crippen LogP contribution in [0, 0.1) is 6.92 Å². The number of aromatic nitrogens is 1. The van der Waals surface area contributed by atoms with Gasteiger partial charge in [-0.25, -0.2) is 0 Å². The van der Waals surface area contributed by atoms with Crippen LogP contribution in [-0.4, -0.2) is 10.4 Å². The molecule has 0 unspecified atom stereocenters. The van der Waals surface area contributed by atoms with Crippen molar-refractivity contribution in [3.8, 4) is 5.69 Å². The Morgan fingerprint density at radius 3 is 2.76 bits per heavy atom. The number of Topliss-reactive ketones (excluding diaryl/α,β-unsaturated/α-hetero) is 1. The van der Waals surface area contributed by atoms with Crippen molar-refractivity contribution in [2.24, 2.45) is 0 Å². The van der Waals surface area contributed by atoms with E-state index >= 15 is 0 Å². The topological polar surface area (TPSA) is 22.0 Å². The van der Waals surface area contributed by atoms with Crippen LogP contribution in [0.25, 0.3) is 5.69 Å². The van der Waals surface area contributed by atoms with Crippen molar-refractivity contribution < 1.29 is 4.79 Å². The van der Waals surface area contributed by atoms with Crippen molar-refractivity contribution >= 4 is 5.78 Å². The third kappa shape index (κ3) is 1.97. The maximum absolute atomic E-state index is 12.2. The number of carbonyl (C=O) groups excluding carboxylic acids is 1. The number of hydrogen-bond donors (Lipinski definition) is 0. The Balaban J connectivity index is 1.94. The first kappa shape index (κ1) is 12.9. The second-order valence-corrected chi connectivity index (χ2v) is 6.38. The summed E-state index contributed by atoms with van der Waals surface area (Å²) in [6.45, 7) is 2.13. The van der Waals surface area contributed by atoms with Gasteiger partial charge >= 0.3 is 0 Å². The van der Waals surface area contributed by atoms with Gasteiger partial charge in [-0.3, -0.25) is 4.79 Å². The largest absolute Gasteiger partial charge is 0.317 e. The third-order valence-electron chi connectivity index (χ3n) is 5.02. The maximum atomic E-state index is 12.2. The van der Waals surface area contributed by atoms with E-state index in [0.717, 1.165) is 18.4 Å². The molecule has 0 saturated carbocycles. The van der Waals surface area contributed by atoms with Crippen LogP contribution in [0.5, 0.6) is 0 Å². The van der Waals surface area contributed by atoms with Gasteiger partial charge in [0.2, 0.25) is 0 Å². The van der Waals surface area contributed by atoms with E-state index in [1.165, 1.54) is 53.9 Å². The van der Waals surface area contributed by atoms with Gasteiger partial charge in [0, 0.05) is 29.1 Å². The van der Waals surface area contributed by atoms with E-state index in [1.54, 1.807) is 0 Å². The number of ketones is 1. The molecular formula is C19H21NO. The smallest absolute Gasteiger partial charge is 0.164 e. The predicted molar refractivity (Wildman–Crippen MR) is 84.4 cm³/mol. The molecule has 0 N–H and O–H groups in total. The van der Waals surface area contributed by atoms with Crippen molar-refractivity contribution in [3.63, 3.8) is 0 Å². The highest BCUT2D eigenvalue weighted by atomic mass is 16.1. The van der Waals surface area contributed by atoms with Crippen molar-refractivity contribution in [1.82, 2.24) is 4.57 Å². The number of fused-ring (bicyclic) bond motifs is 2. The highest BCUT2D eigenvalue weighted by Gasteiger charge is 2.25. The molecule has 4 rings (SSSR count). The average molecular weight is 279 g/mol. The van der Waals surface area contributed by atoms with Gasteiger partial charge in [0.25, 0.3) is 0 Å². The van der Waals surface area contributed by atoms with Gasteiger partial charge in [-0.2, -0.15) is 0 Å². The van der Waals surface area contributed by atoms with Crippen molar-refractivity contribution in [1.29, 1.82) is 0 Å². The van der Waals surface area contributed by atoms with E-state index in [1.807, 2.05) is 0 Å². The first-order valence-electron chi connectivity index (χ1n) is 8.11. The third-order valence-corrected chi connectivity index (χ3v) is 5.02. The molecule has 0 radical (unpaired) electrons. The Labute approximate surface area is 125 Å². The molecule has 108 valence electrons. The second-order valence-electron chi connectivity index (χ2n) is 6.38. The quantitative estimate of drug-likeness (QED) is 0.767. The lowest BCUT2D eigenvalue weighted by molar-refractivity contribution is 0.0972. The Kier molecular flexibility index (Phi) is 2.99. The fourth-order valence-corrected chi connectivity index (χ4v) is 4.04. The molecule has 1 aromatic carbocycles. The lowest BCUT2D eigenvalue weighted by Crippen LogP contribution is -2.15. The zero-order valence-corrected chi connectivity index (χ0v) is 12.6. The SMILES string of the molecule is Cc1cc2c(n1-c1cccc3c1CCCC3)CCCC2=O. The van der Waals surface area contributed by atoms with Crippen LogP contribution < -0.4 is 0 Å². The van der Waals surface area contributed by atoms with E-state index in [-0.39, 0.29) is 0 Å². The molecule has 0 saturated heterocycles. The molecule has 0 atom stereocenters. The minimum absolute atomic E-state index is 0.322. The molecule has 2 aliphatic rings. The van der Waals surface area contributed by atoms with E-state index in [4.69, 9.17) is 0 Å². The van der Waals surface area contributed by atoms with Crippen LogP contribution in [0.4, 0.5) is 0 Å². The zero-order chi connectivity index (χ0) is 14.4. The van der Waals surface area contributed by atoms with Crippen LogP contribution in [0.15, 0.2) is 24.3 Å². The Hall–Kier alpha value is -1.83. The average Bonchev–Trinajstić information content (AvgIpc) is 2.84. The van der Waals surface area contributed by atoms with Crippen LogP contribution in [-0.2, 0) is 19.3 Å². The molecule has 21 heavy (non-hydrogen) atoms. The molecule has 2 aromatic rings. The monoisotopic (exact) mass is 279 g/mol. The predicted octanol–water partition coefficient (Wildman–Crippen LogP) is 4.18. The molecule has 1 heterocycles. The number of hydrogen-bond acceptors (Lipinski definition) is 1. The van der Waals surface area contributed by atoms with Gasteiger partial charge in [0.05, 0.1) is 0 Å². The Morgan fingerprint density at radius 2 is 1.86 bits per heavy atom. The molecule has 1 aromatic heterocycles. The summed E-state index contributed by atoms with van der Waals surface area (Å²) in [5, 5.41) is 0. The number of benzene rings is 1. The number of carbonyl (C=O) groups is 1. The Bertz CT molecular complexity index is 723. The zero-order valence-electron chi connectivity index (χ0n) is 12.6. The van der Waals surface area contributed by atoms with Gasteiger partial charge in [-0.15, -0.1) is 0 Å². The lowest BCUT2D eigenvalue weighted by atomic mass is 9.90. The standard InChI is InChI=1S/C19H21NO/c1-13-12-16-18(10-5-11-19(16)21)20(13)17-9-4-7-14-6-2-3-8-15(14)17/h4,7,9,12H,2-3,5-6,8,10-11H2,1H3. The summed E-state index contributed by atoms with van der Waals surface area (Å²) < 4.78 is 2.36. The molecule has 2 nitrogen and oxygen atoms in total. The summed E-state index contributed by atoms with van der Waals surface area (Å²) in [6, 6.07) is 8.78. The van der Waals surface area contributed by atoms with Crippen molar-refractivity contribution in [2.75, 3.05) is 0 Å². The summed E-state index contributed by atoms with van der Waals surface area (Å²) in [6.07, 6.45) is 7.69. The minimum atomic E-state index is 0.322. The van der Waals surface area contributed by atoms with E-state index in [9.17, 15) is 4.79 Å². The van der Waals surface area contributed by atoms with Crippen molar-refractivity contribution in [3.05, 3.63) is 52.3 Å². The van der Waals surface area contributed by atoms with E-state index in [0.29, 0.717) is 12.2 Å². The highest BCUT2D eigenvalue weighted by Crippen LogP contribution is 2.32. The van der Waals surface area contributed by atoms with Crippen LogP contribution in [0.2, 0.25) is 0 Å². The molecule has 0 spiro atoms. The highest BCUT2D eigenvalue weighted by molar-refractivity contribution is 5.98. The number of aryl methyl sites for hydroxylation is 2. The first-order valence-corrected chi connectivity index (χ1v) is 8.11. The fraction of sp³-hybridized carbons (Fsp3) is 0.421. The fourth-order valence-electron chi connectivity index (χ4n) is 4.04. The molecular weight excluding hydrogens is 258 g/mol. The first-order chi connectivity index (χ1) is 10.3. The Morgan fingerprint density at radius 1 is 1.00 bits per heavy atom. The molecule has 0 bridgehead atoms. The molecule has 2 aliphatic carbocycles. The number of rotatable bonds is 1. The molecule has 0 aliphatic heterocycles. The minimum Gasteiger partial charge on any atom is -0.317 e. The van der Waals surface area contributed by atoms with Gasteiger partial charge < -0.3 is 4.57 Å². The summed E-state index contributed by atoms with van der Waals surface area (Å²) in [5.41, 5.74) is 7.73. The summed E-state index contributed by atoms with van der Waals surface area (Å²) >= 11 is 0. The second kappa shape index (κ2) is 4.87. The summed E-state index contributed by atoms with van der Waals surface area (Å²) in [7, 11) is 0. The van der Waals surface area contributed by atoms with Gasteiger partial charge in [-0.1, -0.05) is 12.1 Å². The van der Waals surface area contributed by atoms with Crippen LogP contribution >= 0.6 is 0 Å². The van der Waals surface area contributed by atoms with E-state index < -0.39 is 0 Å². The van der Waals surface area contributed by atoms with Gasteiger partial charge in [-0.05, 0) is 68.7 Å². The van der Waals surface area contributed by atoms with E-state index in [2.05, 4.69) is 35.8 Å².